The van der Waals surface area contributed by atoms with E-state index in [0.717, 1.165) is 5.52 Å². The molecule has 0 radical (unpaired) electrons. The van der Waals surface area contributed by atoms with Crippen LogP contribution in [0.15, 0.2) is 24.3 Å². The summed E-state index contributed by atoms with van der Waals surface area (Å²) in [7, 11) is 0. The minimum atomic E-state index is -0.528. The first-order chi connectivity index (χ1) is 13.8. The third kappa shape index (κ3) is 6.89. The molecule has 1 aromatic heterocycles. The molecule has 8 heteroatoms. The topological polar surface area (TPSA) is 104 Å². The molecule has 0 aliphatic rings. The number of carbonyl (C=O) groups is 3. The second-order valence-corrected chi connectivity index (χ2v) is 7.87. The molecule has 1 aromatic carbocycles. The van der Waals surface area contributed by atoms with Crippen LogP contribution < -0.4 is 5.32 Å². The molecule has 0 atom stereocenters. The number of aromatic nitrogens is 2. The number of rotatable bonds is 10. The van der Waals surface area contributed by atoms with Crippen LogP contribution in [-0.4, -0.2) is 59.1 Å². The number of esters is 1. The van der Waals surface area contributed by atoms with E-state index in [1.807, 2.05) is 45.9 Å². The Morgan fingerprint density at radius 1 is 1.10 bits per heavy atom. The maximum atomic E-state index is 12.3. The summed E-state index contributed by atoms with van der Waals surface area (Å²) in [6, 6.07) is 7.30. The second kappa shape index (κ2) is 10.6. The van der Waals surface area contributed by atoms with Crippen molar-refractivity contribution in [2.24, 2.45) is 11.8 Å². The number of nitrogens with one attached hydrogen (secondary N) is 2. The summed E-state index contributed by atoms with van der Waals surface area (Å²) < 4.78 is 5.09. The van der Waals surface area contributed by atoms with Crippen molar-refractivity contribution in [1.82, 2.24) is 20.4 Å². The highest BCUT2D eigenvalue weighted by atomic mass is 16.5. The molecule has 158 valence electrons. The molecule has 29 heavy (non-hydrogen) atoms. The van der Waals surface area contributed by atoms with E-state index in [9.17, 15) is 14.4 Å². The zero-order valence-corrected chi connectivity index (χ0v) is 17.5. The van der Waals surface area contributed by atoms with E-state index in [4.69, 9.17) is 4.74 Å². The SMILES string of the molecule is CC(C)CN(CC(C)C)C(=O)COC(=O)CCNC(=O)c1n[nH]c2ccccc12. The summed E-state index contributed by atoms with van der Waals surface area (Å²) in [5, 5.41) is 10.2. The van der Waals surface area contributed by atoms with E-state index in [1.54, 1.807) is 11.0 Å². The van der Waals surface area contributed by atoms with Crippen LogP contribution in [0.2, 0.25) is 0 Å². The van der Waals surface area contributed by atoms with Gasteiger partial charge in [0.1, 0.15) is 0 Å². The molecule has 0 fully saturated rings. The highest BCUT2D eigenvalue weighted by Gasteiger charge is 2.18. The molecule has 0 saturated carbocycles. The highest BCUT2D eigenvalue weighted by molar-refractivity contribution is 6.04. The van der Waals surface area contributed by atoms with Crippen molar-refractivity contribution < 1.29 is 19.1 Å². The van der Waals surface area contributed by atoms with Gasteiger partial charge in [0.15, 0.2) is 12.3 Å². The number of aromatic amines is 1. The van der Waals surface area contributed by atoms with Crippen molar-refractivity contribution in [3.63, 3.8) is 0 Å². The number of para-hydroxylation sites is 1. The van der Waals surface area contributed by atoms with E-state index in [1.165, 1.54) is 0 Å². The molecule has 0 spiro atoms. The molecule has 2 amide bonds. The number of hydrogen-bond donors (Lipinski definition) is 2. The van der Waals surface area contributed by atoms with E-state index in [2.05, 4.69) is 15.5 Å². The van der Waals surface area contributed by atoms with Crippen LogP contribution in [0.5, 0.6) is 0 Å². The first kappa shape index (κ1) is 22.4. The monoisotopic (exact) mass is 402 g/mol. The first-order valence-corrected chi connectivity index (χ1v) is 9.92. The Morgan fingerprint density at radius 2 is 1.76 bits per heavy atom. The van der Waals surface area contributed by atoms with Gasteiger partial charge in [-0.25, -0.2) is 0 Å². The van der Waals surface area contributed by atoms with Crippen LogP contribution in [0, 0.1) is 11.8 Å². The quantitative estimate of drug-likeness (QED) is 0.594. The zero-order chi connectivity index (χ0) is 21.4. The Labute approximate surface area is 171 Å². The Balaban J connectivity index is 1.76. The number of amides is 2. The first-order valence-electron chi connectivity index (χ1n) is 9.92. The van der Waals surface area contributed by atoms with E-state index in [0.29, 0.717) is 30.3 Å². The third-order valence-corrected chi connectivity index (χ3v) is 4.18. The van der Waals surface area contributed by atoms with Gasteiger partial charge in [-0.05, 0) is 17.9 Å². The van der Waals surface area contributed by atoms with Crippen LogP contribution in [-0.2, 0) is 14.3 Å². The summed E-state index contributed by atoms with van der Waals surface area (Å²) in [4.78, 5) is 38.3. The number of fused-ring (bicyclic) bond motifs is 1. The number of ether oxygens (including phenoxy) is 1. The maximum Gasteiger partial charge on any atom is 0.308 e. The Morgan fingerprint density at radius 3 is 2.41 bits per heavy atom. The average molecular weight is 402 g/mol. The minimum absolute atomic E-state index is 0.0181. The molecule has 8 nitrogen and oxygen atoms in total. The lowest BCUT2D eigenvalue weighted by molar-refractivity contribution is -0.152. The van der Waals surface area contributed by atoms with E-state index >= 15 is 0 Å². The second-order valence-electron chi connectivity index (χ2n) is 7.87. The van der Waals surface area contributed by atoms with Gasteiger partial charge in [0.05, 0.1) is 11.9 Å². The predicted octanol–water partition coefficient (Wildman–Crippen LogP) is 2.37. The Hall–Kier alpha value is -2.90. The smallest absolute Gasteiger partial charge is 0.308 e. The molecule has 0 saturated heterocycles. The van der Waals surface area contributed by atoms with Gasteiger partial charge >= 0.3 is 5.97 Å². The predicted molar refractivity (Wildman–Crippen MR) is 110 cm³/mol. The van der Waals surface area contributed by atoms with Crippen molar-refractivity contribution in [1.29, 1.82) is 0 Å². The molecule has 1 heterocycles. The van der Waals surface area contributed by atoms with Gasteiger partial charge in [0, 0.05) is 25.0 Å². The van der Waals surface area contributed by atoms with Crippen LogP contribution in [0.1, 0.15) is 44.6 Å². The maximum absolute atomic E-state index is 12.3. The van der Waals surface area contributed by atoms with Gasteiger partial charge in [0.2, 0.25) is 0 Å². The van der Waals surface area contributed by atoms with Crippen molar-refractivity contribution in [2.75, 3.05) is 26.2 Å². The van der Waals surface area contributed by atoms with Crippen molar-refractivity contribution in [3.8, 4) is 0 Å². The third-order valence-electron chi connectivity index (χ3n) is 4.18. The molecule has 0 aliphatic carbocycles. The molecule has 0 unspecified atom stereocenters. The van der Waals surface area contributed by atoms with Crippen LogP contribution in [0.4, 0.5) is 0 Å². The number of nitrogens with zero attached hydrogens (tertiary/aromatic N) is 2. The largest absolute Gasteiger partial charge is 0.456 e. The highest BCUT2D eigenvalue weighted by Crippen LogP contribution is 2.14. The molecular formula is C21H30N4O4. The van der Waals surface area contributed by atoms with Crippen molar-refractivity contribution in [2.45, 2.75) is 34.1 Å². The van der Waals surface area contributed by atoms with Gasteiger partial charge < -0.3 is 15.0 Å². The fourth-order valence-electron chi connectivity index (χ4n) is 2.96. The average Bonchev–Trinajstić information content (AvgIpc) is 3.09. The number of H-pyrrole nitrogens is 1. The van der Waals surface area contributed by atoms with Gasteiger partial charge in [-0.1, -0.05) is 45.9 Å². The molecular weight excluding hydrogens is 372 g/mol. The van der Waals surface area contributed by atoms with Crippen LogP contribution in [0.25, 0.3) is 10.9 Å². The molecule has 2 N–H and O–H groups in total. The lowest BCUT2D eigenvalue weighted by Crippen LogP contribution is -2.39. The minimum Gasteiger partial charge on any atom is -0.456 e. The molecule has 0 bridgehead atoms. The van der Waals surface area contributed by atoms with Crippen LogP contribution >= 0.6 is 0 Å². The lowest BCUT2D eigenvalue weighted by Gasteiger charge is -2.26. The lowest BCUT2D eigenvalue weighted by atomic mass is 10.1. The summed E-state index contributed by atoms with van der Waals surface area (Å²) in [6.45, 7) is 9.24. The standard InChI is InChI=1S/C21H30N4O4/c1-14(2)11-25(12-15(3)4)18(26)13-29-19(27)9-10-22-21(28)20-16-7-5-6-8-17(16)23-24-20/h5-8,14-15H,9-13H2,1-4H3,(H,22,28)(H,23,24). The van der Waals surface area contributed by atoms with E-state index < -0.39 is 5.97 Å². The zero-order valence-electron chi connectivity index (χ0n) is 17.5. The normalized spacial score (nSPS) is 11.1. The number of hydrogen-bond acceptors (Lipinski definition) is 5. The van der Waals surface area contributed by atoms with Crippen molar-refractivity contribution >= 4 is 28.7 Å². The van der Waals surface area contributed by atoms with Crippen LogP contribution in [0.3, 0.4) is 0 Å². The Kier molecular flexibility index (Phi) is 8.18. The van der Waals surface area contributed by atoms with Gasteiger partial charge in [0.25, 0.3) is 11.8 Å². The fourth-order valence-corrected chi connectivity index (χ4v) is 2.96. The molecule has 2 aromatic rings. The van der Waals surface area contributed by atoms with Gasteiger partial charge in [-0.15, -0.1) is 0 Å². The molecule has 0 aliphatic heterocycles. The number of benzene rings is 1. The summed E-state index contributed by atoms with van der Waals surface area (Å²) in [6.07, 6.45) is -0.0181. The van der Waals surface area contributed by atoms with Gasteiger partial charge in [-0.2, -0.15) is 5.10 Å². The summed E-state index contributed by atoms with van der Waals surface area (Å²) >= 11 is 0. The fraction of sp³-hybridized carbons (Fsp3) is 0.524. The Bertz CT molecular complexity index is 834. The summed E-state index contributed by atoms with van der Waals surface area (Å²) in [5.74, 6) is -0.429. The summed E-state index contributed by atoms with van der Waals surface area (Å²) in [5.41, 5.74) is 1.05. The van der Waals surface area contributed by atoms with E-state index in [-0.39, 0.29) is 37.1 Å². The van der Waals surface area contributed by atoms with Gasteiger partial charge in [-0.3, -0.25) is 19.5 Å². The number of carbonyl (C=O) groups excluding carboxylic acids is 3. The molecule has 2 rings (SSSR count). The van der Waals surface area contributed by atoms with Crippen molar-refractivity contribution in [3.05, 3.63) is 30.0 Å².